The molecule has 1 atom stereocenters. The van der Waals surface area contributed by atoms with Crippen molar-refractivity contribution in [3.8, 4) is 0 Å². The number of ether oxygens (including phenoxy) is 2. The smallest absolute Gasteiger partial charge is 0.164 e. The second-order valence-electron chi connectivity index (χ2n) is 5.55. The summed E-state index contributed by atoms with van der Waals surface area (Å²) in [5, 5.41) is 0. The Kier molecular flexibility index (Phi) is 2.86. The zero-order valence-corrected chi connectivity index (χ0v) is 9.79. The maximum Gasteiger partial charge on any atom is 0.164 e. The van der Waals surface area contributed by atoms with Crippen LogP contribution in [0.3, 0.4) is 0 Å². The first-order chi connectivity index (χ1) is 6.96. The molecule has 15 heavy (non-hydrogen) atoms. The summed E-state index contributed by atoms with van der Waals surface area (Å²) in [7, 11) is 0. The van der Waals surface area contributed by atoms with E-state index in [0.29, 0.717) is 12.2 Å². The minimum absolute atomic E-state index is 0.0786. The molecule has 0 radical (unpaired) electrons. The van der Waals surface area contributed by atoms with Gasteiger partial charge in [-0.1, -0.05) is 13.8 Å². The van der Waals surface area contributed by atoms with Crippen LogP contribution in [0.5, 0.6) is 0 Å². The zero-order valence-electron chi connectivity index (χ0n) is 9.79. The minimum Gasteiger partial charge on any atom is -0.324 e. The van der Waals surface area contributed by atoms with Crippen LogP contribution in [0.2, 0.25) is 0 Å². The SMILES string of the molecule is CC1OC(CC2CCC(C)(C)CC2=O)O1. The van der Waals surface area contributed by atoms with Crippen molar-refractivity contribution in [1.82, 2.24) is 0 Å². The number of carbonyl (C=O) groups is 1. The quantitative estimate of drug-likeness (QED) is 0.705. The van der Waals surface area contributed by atoms with Crippen molar-refractivity contribution in [2.45, 2.75) is 59.0 Å². The van der Waals surface area contributed by atoms with Gasteiger partial charge in [0, 0.05) is 18.8 Å². The van der Waals surface area contributed by atoms with Crippen LogP contribution in [0.4, 0.5) is 0 Å². The van der Waals surface area contributed by atoms with E-state index in [2.05, 4.69) is 13.8 Å². The lowest BCUT2D eigenvalue weighted by Crippen LogP contribution is -2.42. The number of ketones is 1. The van der Waals surface area contributed by atoms with Crippen molar-refractivity contribution < 1.29 is 14.3 Å². The van der Waals surface area contributed by atoms with Gasteiger partial charge < -0.3 is 9.47 Å². The molecule has 0 bridgehead atoms. The summed E-state index contributed by atoms with van der Waals surface area (Å²) >= 11 is 0. The van der Waals surface area contributed by atoms with Crippen LogP contribution in [-0.4, -0.2) is 18.4 Å². The lowest BCUT2D eigenvalue weighted by molar-refractivity contribution is -0.379. The normalized spacial score (nSPS) is 39.9. The highest BCUT2D eigenvalue weighted by molar-refractivity contribution is 5.82. The van der Waals surface area contributed by atoms with Gasteiger partial charge in [-0.25, -0.2) is 0 Å². The van der Waals surface area contributed by atoms with E-state index in [-0.39, 0.29) is 23.9 Å². The van der Waals surface area contributed by atoms with E-state index in [1.54, 1.807) is 0 Å². The zero-order chi connectivity index (χ0) is 11.1. The number of rotatable bonds is 2. The highest BCUT2D eigenvalue weighted by Gasteiger charge is 2.37. The average Bonchev–Trinajstić information content (AvgIpc) is 2.05. The summed E-state index contributed by atoms with van der Waals surface area (Å²) in [5.41, 5.74) is 0.197. The van der Waals surface area contributed by atoms with Gasteiger partial charge in [0.15, 0.2) is 12.6 Å². The van der Waals surface area contributed by atoms with E-state index in [4.69, 9.17) is 9.47 Å². The molecule has 2 fully saturated rings. The molecule has 0 N–H and O–H groups in total. The lowest BCUT2D eigenvalue weighted by atomic mass is 9.71. The number of carbonyl (C=O) groups excluding carboxylic acids is 1. The van der Waals surface area contributed by atoms with Crippen molar-refractivity contribution >= 4 is 5.78 Å². The van der Waals surface area contributed by atoms with Crippen molar-refractivity contribution in [3.05, 3.63) is 0 Å². The molecular formula is C12H20O3. The van der Waals surface area contributed by atoms with Crippen LogP contribution in [-0.2, 0) is 14.3 Å². The first kappa shape index (κ1) is 11.1. The molecule has 1 heterocycles. The lowest BCUT2D eigenvalue weighted by Gasteiger charge is -2.38. The fourth-order valence-electron chi connectivity index (χ4n) is 2.46. The highest BCUT2D eigenvalue weighted by atomic mass is 16.9. The fraction of sp³-hybridized carbons (Fsp3) is 0.917. The molecule has 0 aromatic rings. The molecule has 0 aromatic heterocycles. The van der Waals surface area contributed by atoms with Crippen LogP contribution < -0.4 is 0 Å². The van der Waals surface area contributed by atoms with Crippen molar-refractivity contribution in [1.29, 1.82) is 0 Å². The summed E-state index contributed by atoms with van der Waals surface area (Å²) < 4.78 is 10.7. The van der Waals surface area contributed by atoms with E-state index >= 15 is 0 Å². The Morgan fingerprint density at radius 2 is 2.07 bits per heavy atom. The van der Waals surface area contributed by atoms with E-state index < -0.39 is 0 Å². The summed E-state index contributed by atoms with van der Waals surface area (Å²) in [6.45, 7) is 6.21. The van der Waals surface area contributed by atoms with Gasteiger partial charge in [-0.15, -0.1) is 0 Å². The molecule has 0 aromatic carbocycles. The summed E-state index contributed by atoms with van der Waals surface area (Å²) in [6.07, 6.45) is 3.37. The maximum atomic E-state index is 11.9. The Balaban J connectivity index is 1.82. The molecule has 1 saturated carbocycles. The molecule has 0 spiro atoms. The Labute approximate surface area is 91.1 Å². The van der Waals surface area contributed by atoms with E-state index in [1.807, 2.05) is 6.92 Å². The molecule has 1 saturated heterocycles. The Morgan fingerprint density at radius 1 is 1.40 bits per heavy atom. The monoisotopic (exact) mass is 212 g/mol. The minimum atomic E-state index is -0.129. The van der Waals surface area contributed by atoms with Crippen LogP contribution >= 0.6 is 0 Å². The molecule has 3 heteroatoms. The highest BCUT2D eigenvalue weighted by Crippen LogP contribution is 2.38. The Bertz CT molecular complexity index is 254. The van der Waals surface area contributed by atoms with Crippen LogP contribution in [0.1, 0.15) is 46.5 Å². The molecule has 1 unspecified atom stereocenters. The Morgan fingerprint density at radius 3 is 2.60 bits per heavy atom. The molecule has 86 valence electrons. The van der Waals surface area contributed by atoms with Crippen LogP contribution in [0, 0.1) is 11.3 Å². The first-order valence-electron chi connectivity index (χ1n) is 5.80. The first-order valence-corrected chi connectivity index (χ1v) is 5.80. The van der Waals surface area contributed by atoms with E-state index in [9.17, 15) is 4.79 Å². The van der Waals surface area contributed by atoms with Crippen LogP contribution in [0.25, 0.3) is 0 Å². The van der Waals surface area contributed by atoms with Gasteiger partial charge in [-0.05, 0) is 25.2 Å². The molecule has 2 rings (SSSR count). The van der Waals surface area contributed by atoms with Crippen molar-refractivity contribution in [2.75, 3.05) is 0 Å². The van der Waals surface area contributed by atoms with Crippen molar-refractivity contribution in [3.63, 3.8) is 0 Å². The number of hydrogen-bond donors (Lipinski definition) is 0. The van der Waals surface area contributed by atoms with E-state index in [0.717, 1.165) is 19.3 Å². The van der Waals surface area contributed by atoms with Gasteiger partial charge in [0.1, 0.15) is 5.78 Å². The van der Waals surface area contributed by atoms with Gasteiger partial charge in [0.2, 0.25) is 0 Å². The molecule has 3 nitrogen and oxygen atoms in total. The molecule has 1 aliphatic carbocycles. The third-order valence-corrected chi connectivity index (χ3v) is 3.44. The average molecular weight is 212 g/mol. The number of Topliss-reactive ketones (excluding diaryl/α,β-unsaturated/α-hetero) is 1. The number of hydrogen-bond acceptors (Lipinski definition) is 3. The molecule has 1 aliphatic heterocycles. The fourth-order valence-corrected chi connectivity index (χ4v) is 2.46. The summed E-state index contributed by atoms with van der Waals surface area (Å²) in [5.74, 6) is 0.550. The van der Waals surface area contributed by atoms with Gasteiger partial charge in [0.05, 0.1) is 0 Å². The second-order valence-corrected chi connectivity index (χ2v) is 5.55. The van der Waals surface area contributed by atoms with Gasteiger partial charge in [-0.3, -0.25) is 4.79 Å². The van der Waals surface area contributed by atoms with Gasteiger partial charge in [-0.2, -0.15) is 0 Å². The van der Waals surface area contributed by atoms with E-state index in [1.165, 1.54) is 0 Å². The maximum absolute atomic E-state index is 11.9. The largest absolute Gasteiger partial charge is 0.324 e. The second kappa shape index (κ2) is 3.87. The third kappa shape index (κ3) is 2.58. The molecule has 2 aliphatic rings. The van der Waals surface area contributed by atoms with Gasteiger partial charge >= 0.3 is 0 Å². The predicted octanol–water partition coefficient (Wildman–Crippen LogP) is 2.49. The van der Waals surface area contributed by atoms with Crippen LogP contribution in [0.15, 0.2) is 0 Å². The van der Waals surface area contributed by atoms with Crippen molar-refractivity contribution in [2.24, 2.45) is 11.3 Å². The summed E-state index contributed by atoms with van der Waals surface area (Å²) in [4.78, 5) is 11.9. The molecule has 0 amide bonds. The van der Waals surface area contributed by atoms with Gasteiger partial charge in [0.25, 0.3) is 0 Å². The topological polar surface area (TPSA) is 35.5 Å². The standard InChI is InChI=1S/C12H20O3/c1-8-14-11(15-8)6-9-4-5-12(2,3)7-10(9)13/h8-9,11H,4-7H2,1-3H3. The third-order valence-electron chi connectivity index (χ3n) is 3.44. The summed E-state index contributed by atoms with van der Waals surface area (Å²) in [6, 6.07) is 0. The molecular weight excluding hydrogens is 192 g/mol. The Hall–Kier alpha value is -0.410. The predicted molar refractivity (Wildman–Crippen MR) is 56.2 cm³/mol.